The Balaban J connectivity index is 2.03. The molecular weight excluding hydrogens is 418 g/mol. The van der Waals surface area contributed by atoms with Gasteiger partial charge in [0.15, 0.2) is 14.4 Å². The lowest BCUT2D eigenvalue weighted by Crippen LogP contribution is -2.59. The summed E-state index contributed by atoms with van der Waals surface area (Å²) in [6.07, 6.45) is -8.77. The summed E-state index contributed by atoms with van der Waals surface area (Å²) in [5, 5.41) is 0. The number of piperidine rings is 1. The molecule has 4 nitrogen and oxygen atoms in total. The van der Waals surface area contributed by atoms with Crippen molar-refractivity contribution < 1.29 is 31.5 Å². The van der Waals surface area contributed by atoms with Crippen molar-refractivity contribution >= 4 is 14.4 Å². The van der Waals surface area contributed by atoms with Crippen LogP contribution in [0.2, 0.25) is 18.1 Å². The van der Waals surface area contributed by atoms with E-state index in [9.17, 15) is 18.0 Å². The molecule has 1 unspecified atom stereocenters. The van der Waals surface area contributed by atoms with Gasteiger partial charge in [-0.1, -0.05) is 51.1 Å². The maximum atomic E-state index is 15.6. The van der Waals surface area contributed by atoms with E-state index in [1.807, 2.05) is 39.0 Å². The largest absolute Gasteiger partial charge is 0.445 e. The molecule has 1 aromatic rings. The van der Waals surface area contributed by atoms with E-state index in [4.69, 9.17) is 9.16 Å². The summed E-state index contributed by atoms with van der Waals surface area (Å²) < 4.78 is 67.8. The highest BCUT2D eigenvalue weighted by Crippen LogP contribution is 2.43. The number of benzene rings is 1. The molecule has 1 amide bonds. The van der Waals surface area contributed by atoms with Crippen LogP contribution in [-0.2, 0) is 15.8 Å². The van der Waals surface area contributed by atoms with E-state index in [-0.39, 0.29) is 19.7 Å². The molecule has 0 saturated carbocycles. The van der Waals surface area contributed by atoms with Crippen LogP contribution in [0, 0.1) is 0 Å². The molecule has 1 aliphatic heterocycles. The molecule has 1 aromatic carbocycles. The molecule has 1 atom stereocenters. The van der Waals surface area contributed by atoms with Gasteiger partial charge in [0.25, 0.3) is 0 Å². The number of ether oxygens (including phenoxy) is 1. The van der Waals surface area contributed by atoms with Crippen molar-refractivity contribution in [2.75, 3.05) is 13.1 Å². The lowest BCUT2D eigenvalue weighted by molar-refractivity contribution is -0.241. The highest BCUT2D eigenvalue weighted by Gasteiger charge is 2.58. The zero-order chi connectivity index (χ0) is 22.4. The Labute approximate surface area is 176 Å². The first kappa shape index (κ1) is 24.7. The number of nitrogens with zero attached hydrogens (tertiary/aromatic N) is 1. The third kappa shape index (κ3) is 5.97. The van der Waals surface area contributed by atoms with Gasteiger partial charge in [0, 0.05) is 25.9 Å². The van der Waals surface area contributed by atoms with Gasteiger partial charge in [0.2, 0.25) is 0 Å². The highest BCUT2D eigenvalue weighted by atomic mass is 28.4. The molecule has 0 spiro atoms. The van der Waals surface area contributed by atoms with Crippen molar-refractivity contribution in [3.8, 4) is 0 Å². The van der Waals surface area contributed by atoms with Crippen LogP contribution >= 0.6 is 0 Å². The van der Waals surface area contributed by atoms with Gasteiger partial charge < -0.3 is 14.1 Å². The van der Waals surface area contributed by atoms with Gasteiger partial charge in [0.1, 0.15) is 12.3 Å². The Hall–Kier alpha value is -1.61. The number of rotatable bonds is 8. The van der Waals surface area contributed by atoms with Gasteiger partial charge in [-0.3, -0.25) is 0 Å². The lowest BCUT2D eigenvalue weighted by Gasteiger charge is -2.44. The van der Waals surface area contributed by atoms with Crippen LogP contribution in [0.5, 0.6) is 0 Å². The maximum absolute atomic E-state index is 15.6. The summed E-state index contributed by atoms with van der Waals surface area (Å²) in [6, 6.07) is 10.6. The summed E-state index contributed by atoms with van der Waals surface area (Å²) >= 11 is 0. The predicted octanol–water partition coefficient (Wildman–Crippen LogP) is 6.08. The van der Waals surface area contributed by atoms with Crippen molar-refractivity contribution in [3.63, 3.8) is 0 Å². The van der Waals surface area contributed by atoms with Crippen LogP contribution in [-0.4, -0.2) is 50.3 Å². The third-order valence-corrected chi connectivity index (χ3v) is 10.7. The second kappa shape index (κ2) is 10.1. The minimum atomic E-state index is -4.80. The quantitative estimate of drug-likeness (QED) is 0.357. The van der Waals surface area contributed by atoms with E-state index < -0.39 is 45.2 Å². The Morgan fingerprint density at radius 2 is 1.63 bits per heavy atom. The number of amides is 1. The minimum absolute atomic E-state index is 0.0584. The number of carbonyl (C=O) groups is 1. The molecule has 0 aliphatic carbocycles. The first-order valence-corrected chi connectivity index (χ1v) is 13.0. The fourth-order valence-electron chi connectivity index (χ4n) is 3.85. The van der Waals surface area contributed by atoms with Crippen LogP contribution in [0.1, 0.15) is 39.2 Å². The Bertz CT molecular complexity index is 666. The van der Waals surface area contributed by atoms with Gasteiger partial charge in [0.05, 0.1) is 0 Å². The van der Waals surface area contributed by atoms with Crippen molar-refractivity contribution in [2.45, 2.75) is 76.3 Å². The molecule has 0 aromatic heterocycles. The standard InChI is InChI=1S/C21H31F4NO3Si/c1-4-30(5-2,6-3)29-18(21(23,24)25)20(22)12-14-26(15-13-20)19(27)28-16-17-10-8-7-9-11-17/h7-11,18H,4-6,12-16H2,1-3H3. The molecule has 30 heavy (non-hydrogen) atoms. The van der Waals surface area contributed by atoms with E-state index in [1.54, 1.807) is 12.1 Å². The number of likely N-dealkylation sites (tertiary alicyclic amines) is 1. The zero-order valence-corrected chi connectivity index (χ0v) is 18.8. The van der Waals surface area contributed by atoms with Gasteiger partial charge in [-0.05, 0) is 23.7 Å². The van der Waals surface area contributed by atoms with Crippen LogP contribution in [0.25, 0.3) is 0 Å². The van der Waals surface area contributed by atoms with Crippen molar-refractivity contribution in [1.29, 1.82) is 0 Å². The second-order valence-electron chi connectivity index (χ2n) is 7.85. The average Bonchev–Trinajstić information content (AvgIpc) is 2.74. The highest BCUT2D eigenvalue weighted by molar-refractivity contribution is 6.73. The third-order valence-electron chi connectivity index (χ3n) is 6.13. The Morgan fingerprint density at radius 3 is 2.10 bits per heavy atom. The molecule has 1 aliphatic rings. The topological polar surface area (TPSA) is 38.8 Å². The van der Waals surface area contributed by atoms with Crippen LogP contribution in [0.3, 0.4) is 0 Å². The summed E-state index contributed by atoms with van der Waals surface area (Å²) in [5.41, 5.74) is -1.75. The number of hydrogen-bond donors (Lipinski definition) is 0. The van der Waals surface area contributed by atoms with Crippen molar-refractivity contribution in [2.24, 2.45) is 0 Å². The number of alkyl halides is 4. The van der Waals surface area contributed by atoms with Gasteiger partial charge >= 0.3 is 12.3 Å². The molecule has 1 fully saturated rings. The van der Waals surface area contributed by atoms with E-state index in [1.165, 1.54) is 4.90 Å². The summed E-state index contributed by atoms with van der Waals surface area (Å²) in [5.74, 6) is 0. The van der Waals surface area contributed by atoms with Crippen molar-refractivity contribution in [1.82, 2.24) is 4.90 Å². The Morgan fingerprint density at radius 1 is 1.10 bits per heavy atom. The molecule has 9 heteroatoms. The number of hydrogen-bond acceptors (Lipinski definition) is 3. The molecule has 1 heterocycles. The smallest absolute Gasteiger partial charge is 0.416 e. The number of halogens is 4. The zero-order valence-electron chi connectivity index (χ0n) is 17.8. The molecule has 0 N–H and O–H groups in total. The molecule has 170 valence electrons. The van der Waals surface area contributed by atoms with Gasteiger partial charge in [-0.25, -0.2) is 9.18 Å². The van der Waals surface area contributed by atoms with E-state index in [0.29, 0.717) is 18.1 Å². The number of carbonyl (C=O) groups excluding carboxylic acids is 1. The van der Waals surface area contributed by atoms with Crippen LogP contribution in [0.4, 0.5) is 22.4 Å². The molecule has 2 rings (SSSR count). The first-order valence-electron chi connectivity index (χ1n) is 10.5. The molecule has 0 radical (unpaired) electrons. The molecule has 0 bridgehead atoms. The second-order valence-corrected chi connectivity index (χ2v) is 12.6. The lowest BCUT2D eigenvalue weighted by atomic mass is 9.87. The van der Waals surface area contributed by atoms with Crippen LogP contribution < -0.4 is 0 Å². The van der Waals surface area contributed by atoms with Gasteiger partial charge in [-0.15, -0.1) is 0 Å². The monoisotopic (exact) mass is 449 g/mol. The fourth-order valence-corrected chi connectivity index (χ4v) is 6.69. The van der Waals surface area contributed by atoms with E-state index in [2.05, 4.69) is 0 Å². The molecule has 1 saturated heterocycles. The average molecular weight is 450 g/mol. The summed E-state index contributed by atoms with van der Waals surface area (Å²) in [7, 11) is -2.68. The summed E-state index contributed by atoms with van der Waals surface area (Å²) in [6.45, 7) is 5.20. The predicted molar refractivity (Wildman–Crippen MR) is 109 cm³/mol. The van der Waals surface area contributed by atoms with Crippen LogP contribution in [0.15, 0.2) is 30.3 Å². The van der Waals surface area contributed by atoms with Gasteiger partial charge in [-0.2, -0.15) is 13.2 Å². The fraction of sp³-hybridized carbons (Fsp3) is 0.667. The minimum Gasteiger partial charge on any atom is -0.445 e. The summed E-state index contributed by atoms with van der Waals surface area (Å²) in [4.78, 5) is 13.5. The first-order chi connectivity index (χ1) is 14.1. The maximum Gasteiger partial charge on any atom is 0.416 e. The normalized spacial score (nSPS) is 18.2. The van der Waals surface area contributed by atoms with Crippen molar-refractivity contribution in [3.05, 3.63) is 35.9 Å². The molecular formula is C21H31F4NO3Si. The SMILES string of the molecule is CC[Si](CC)(CC)OC(C(F)(F)F)C1(F)CCN(C(=O)OCc2ccccc2)CC1. The van der Waals surface area contributed by atoms with E-state index >= 15 is 4.39 Å². The van der Waals surface area contributed by atoms with E-state index in [0.717, 1.165) is 5.56 Å². The Kier molecular flexibility index (Phi) is 8.32.